The maximum atomic E-state index is 10.5. The van der Waals surface area contributed by atoms with Crippen LogP contribution < -0.4 is 9.84 Å². The number of hydrogen-bond donors (Lipinski definition) is 0. The lowest BCUT2D eigenvalue weighted by Crippen LogP contribution is -2.24. The maximum absolute atomic E-state index is 10.5. The van der Waals surface area contributed by atoms with Gasteiger partial charge in [-0.25, -0.2) is 4.98 Å². The summed E-state index contributed by atoms with van der Waals surface area (Å²) in [6.07, 6.45) is 0. The molecule has 0 aliphatic rings. The molecule has 0 atom stereocenters. The van der Waals surface area contributed by atoms with Gasteiger partial charge in [0.1, 0.15) is 5.75 Å². The third-order valence-electron chi connectivity index (χ3n) is 2.57. The molecule has 0 unspecified atom stereocenters. The monoisotopic (exact) mass is 276 g/mol. The number of aryl methyl sites for hydroxylation is 1. The molecule has 5 heteroatoms. The molecule has 0 amide bonds. The highest BCUT2D eigenvalue weighted by Crippen LogP contribution is 2.26. The number of carbonyl (C=O) groups excluding carboxylic acids is 1. The summed E-state index contributed by atoms with van der Waals surface area (Å²) < 4.78 is 5.44. The van der Waals surface area contributed by atoms with E-state index in [4.69, 9.17) is 4.74 Å². The van der Waals surface area contributed by atoms with E-state index in [2.05, 4.69) is 4.98 Å². The summed E-state index contributed by atoms with van der Waals surface area (Å²) in [4.78, 5) is 15.0. The summed E-state index contributed by atoms with van der Waals surface area (Å²) in [5, 5.41) is 12.2. The zero-order chi connectivity index (χ0) is 13.8. The number of carbonyl (C=O) groups is 1. The van der Waals surface area contributed by atoms with Crippen molar-refractivity contribution in [1.29, 1.82) is 0 Å². The average Bonchev–Trinajstić information content (AvgIpc) is 2.36. The number of carboxylic acid groups (broad SMARTS) is 1. The van der Waals surface area contributed by atoms with Crippen molar-refractivity contribution in [3.63, 3.8) is 0 Å². The lowest BCUT2D eigenvalue weighted by Gasteiger charge is -2.09. The van der Waals surface area contributed by atoms with Gasteiger partial charge in [0.2, 0.25) is 0 Å². The Bertz CT molecular complexity index is 613. The molecule has 0 saturated carbocycles. The van der Waals surface area contributed by atoms with Gasteiger partial charge in [0, 0.05) is 11.1 Å². The summed E-state index contributed by atoms with van der Waals surface area (Å²) >= 11 is 1.18. The number of pyridine rings is 1. The summed E-state index contributed by atoms with van der Waals surface area (Å²) in [5.74, 6) is -0.361. The van der Waals surface area contributed by atoms with Crippen LogP contribution in [-0.2, 0) is 4.79 Å². The minimum Gasteiger partial charge on any atom is -0.549 e. The molecular formula is C14H14NO3S-. The summed E-state index contributed by atoms with van der Waals surface area (Å²) in [5.41, 5.74) is 1.78. The van der Waals surface area contributed by atoms with Gasteiger partial charge in [-0.1, -0.05) is 0 Å². The largest absolute Gasteiger partial charge is 0.549 e. The molecule has 1 heterocycles. The van der Waals surface area contributed by atoms with Crippen LogP contribution in [0.15, 0.2) is 29.3 Å². The van der Waals surface area contributed by atoms with Crippen LogP contribution in [0.5, 0.6) is 5.75 Å². The number of aliphatic carboxylic acids is 1. The summed E-state index contributed by atoms with van der Waals surface area (Å²) in [6, 6.07) is 7.67. The minimum atomic E-state index is -1.09. The number of fused-ring (bicyclic) bond motifs is 1. The van der Waals surface area contributed by atoms with Gasteiger partial charge in [-0.15, -0.1) is 11.8 Å². The highest BCUT2D eigenvalue weighted by Gasteiger charge is 2.05. The van der Waals surface area contributed by atoms with Crippen molar-refractivity contribution in [2.75, 3.05) is 12.4 Å². The topological polar surface area (TPSA) is 62.2 Å². The molecule has 2 rings (SSSR count). The molecule has 0 saturated heterocycles. The molecule has 1 aromatic carbocycles. The molecule has 1 aromatic heterocycles. The van der Waals surface area contributed by atoms with E-state index in [-0.39, 0.29) is 5.75 Å². The van der Waals surface area contributed by atoms with Crippen LogP contribution in [0, 0.1) is 6.92 Å². The van der Waals surface area contributed by atoms with Gasteiger partial charge in [-0.3, -0.25) is 0 Å². The quantitative estimate of drug-likeness (QED) is 0.779. The van der Waals surface area contributed by atoms with Crippen molar-refractivity contribution < 1.29 is 14.6 Å². The highest BCUT2D eigenvalue weighted by atomic mass is 32.2. The molecular weight excluding hydrogens is 262 g/mol. The standard InChI is InChI=1S/C14H15NO3S/c1-3-18-11-4-5-12-10(7-11)6-9(2)14(15-12)19-8-13(16)17/h4-7H,3,8H2,1-2H3,(H,16,17)/p-1. The second kappa shape index (κ2) is 5.93. The first-order valence-corrected chi connectivity index (χ1v) is 6.95. The van der Waals surface area contributed by atoms with E-state index in [1.54, 1.807) is 0 Å². The van der Waals surface area contributed by atoms with Crippen molar-refractivity contribution in [3.8, 4) is 5.75 Å². The van der Waals surface area contributed by atoms with Crippen molar-refractivity contribution in [2.45, 2.75) is 18.9 Å². The highest BCUT2D eigenvalue weighted by molar-refractivity contribution is 7.99. The third-order valence-corrected chi connectivity index (χ3v) is 3.63. The molecule has 0 fully saturated rings. The van der Waals surface area contributed by atoms with Crippen LogP contribution in [0.1, 0.15) is 12.5 Å². The Hall–Kier alpha value is -1.75. The first kappa shape index (κ1) is 13.7. The fourth-order valence-corrected chi connectivity index (χ4v) is 2.48. The normalized spacial score (nSPS) is 10.6. The maximum Gasteiger partial charge on any atom is 0.120 e. The molecule has 0 aliphatic carbocycles. The number of rotatable bonds is 5. The molecule has 0 bridgehead atoms. The van der Waals surface area contributed by atoms with E-state index < -0.39 is 5.97 Å². The van der Waals surface area contributed by atoms with E-state index in [0.717, 1.165) is 27.2 Å². The molecule has 0 N–H and O–H groups in total. The lowest BCUT2D eigenvalue weighted by atomic mass is 10.1. The zero-order valence-corrected chi connectivity index (χ0v) is 11.6. The predicted octanol–water partition coefficient (Wildman–Crippen LogP) is 1.78. The number of carboxylic acids is 1. The first-order chi connectivity index (χ1) is 9.10. The Morgan fingerprint density at radius 1 is 1.42 bits per heavy atom. The fourth-order valence-electron chi connectivity index (χ4n) is 1.77. The van der Waals surface area contributed by atoms with Gasteiger partial charge < -0.3 is 14.6 Å². The predicted molar refractivity (Wildman–Crippen MR) is 73.4 cm³/mol. The van der Waals surface area contributed by atoms with Gasteiger partial charge in [0.15, 0.2) is 0 Å². The molecule has 4 nitrogen and oxygen atoms in total. The number of thioether (sulfide) groups is 1. The van der Waals surface area contributed by atoms with Gasteiger partial charge in [-0.2, -0.15) is 0 Å². The van der Waals surface area contributed by atoms with Crippen LogP contribution >= 0.6 is 11.8 Å². The van der Waals surface area contributed by atoms with Crippen LogP contribution in [0.3, 0.4) is 0 Å². The number of nitrogens with zero attached hydrogens (tertiary/aromatic N) is 1. The van der Waals surface area contributed by atoms with Crippen molar-refractivity contribution in [2.24, 2.45) is 0 Å². The van der Waals surface area contributed by atoms with Gasteiger partial charge >= 0.3 is 0 Å². The number of ether oxygens (including phenoxy) is 1. The Balaban J connectivity index is 2.34. The minimum absolute atomic E-state index is 0.0869. The Labute approximate surface area is 115 Å². The number of aromatic nitrogens is 1. The Morgan fingerprint density at radius 3 is 2.89 bits per heavy atom. The van der Waals surface area contributed by atoms with E-state index in [9.17, 15) is 9.90 Å². The zero-order valence-electron chi connectivity index (χ0n) is 10.8. The summed E-state index contributed by atoms with van der Waals surface area (Å²) in [7, 11) is 0. The van der Waals surface area contributed by atoms with Crippen molar-refractivity contribution in [3.05, 3.63) is 29.8 Å². The second-order valence-corrected chi connectivity index (χ2v) is 5.02. The molecule has 100 valence electrons. The van der Waals surface area contributed by atoms with Crippen LogP contribution in [0.2, 0.25) is 0 Å². The molecule has 0 spiro atoms. The molecule has 2 aromatic rings. The lowest BCUT2D eigenvalue weighted by molar-refractivity contribution is -0.301. The van der Waals surface area contributed by atoms with E-state index >= 15 is 0 Å². The molecule has 0 radical (unpaired) electrons. The van der Waals surface area contributed by atoms with Crippen LogP contribution in [0.25, 0.3) is 10.9 Å². The Kier molecular flexibility index (Phi) is 4.27. The van der Waals surface area contributed by atoms with E-state index in [1.807, 2.05) is 38.1 Å². The number of benzene rings is 1. The van der Waals surface area contributed by atoms with Gasteiger partial charge in [0.05, 0.1) is 23.1 Å². The van der Waals surface area contributed by atoms with E-state index in [1.165, 1.54) is 11.8 Å². The average molecular weight is 276 g/mol. The SMILES string of the molecule is CCOc1ccc2nc(SCC(=O)[O-])c(C)cc2c1. The molecule has 19 heavy (non-hydrogen) atoms. The van der Waals surface area contributed by atoms with Gasteiger partial charge in [-0.05, 0) is 43.7 Å². The number of hydrogen-bond acceptors (Lipinski definition) is 5. The van der Waals surface area contributed by atoms with Gasteiger partial charge in [0.25, 0.3) is 0 Å². The Morgan fingerprint density at radius 2 is 2.21 bits per heavy atom. The fraction of sp³-hybridized carbons (Fsp3) is 0.286. The van der Waals surface area contributed by atoms with E-state index in [0.29, 0.717) is 6.61 Å². The molecule has 0 aliphatic heterocycles. The first-order valence-electron chi connectivity index (χ1n) is 5.97. The smallest absolute Gasteiger partial charge is 0.120 e. The second-order valence-electron chi connectivity index (χ2n) is 4.06. The van der Waals surface area contributed by atoms with Crippen LogP contribution in [-0.4, -0.2) is 23.3 Å². The summed E-state index contributed by atoms with van der Waals surface area (Å²) in [6.45, 7) is 4.47. The van der Waals surface area contributed by atoms with Crippen LogP contribution in [0.4, 0.5) is 0 Å². The third kappa shape index (κ3) is 3.38. The van der Waals surface area contributed by atoms with Crippen molar-refractivity contribution >= 4 is 28.6 Å². The van der Waals surface area contributed by atoms with Crippen molar-refractivity contribution in [1.82, 2.24) is 4.98 Å².